The fourth-order valence-electron chi connectivity index (χ4n) is 19.5. The lowest BCUT2D eigenvalue weighted by Gasteiger charge is -2.70. The van der Waals surface area contributed by atoms with Gasteiger partial charge in [-0.15, -0.1) is 0 Å². The van der Waals surface area contributed by atoms with Gasteiger partial charge in [-0.25, -0.2) is 19.2 Å². The van der Waals surface area contributed by atoms with Gasteiger partial charge in [-0.1, -0.05) is 158 Å². The first-order valence-electron chi connectivity index (χ1n) is 38.8. The van der Waals surface area contributed by atoms with Crippen LogP contribution in [0.3, 0.4) is 0 Å². The Balaban J connectivity index is 0.000000282. The zero-order valence-corrected chi connectivity index (χ0v) is 69.3. The molecule has 0 aromatic heterocycles. The highest BCUT2D eigenvalue weighted by atomic mass is 16.7. The maximum absolute atomic E-state index is 14.1. The van der Waals surface area contributed by atoms with Gasteiger partial charge >= 0.3 is 35.8 Å². The third-order valence-corrected chi connectivity index (χ3v) is 25.9. The average Bonchev–Trinajstić information content (AvgIpc) is 0.675. The lowest BCUT2D eigenvalue weighted by molar-refractivity contribution is -0.401. The van der Waals surface area contributed by atoms with Gasteiger partial charge in [0.1, 0.15) is 47.8 Å². The Labute approximate surface area is 651 Å². The molecule has 616 valence electrons. The molecule has 9 rings (SSSR count). The maximum Gasteiger partial charge on any atom is 0.338 e. The maximum atomic E-state index is 14.1. The summed E-state index contributed by atoms with van der Waals surface area (Å²) in [5.41, 5.74) is -8.64. The molecule has 7 fully saturated rings. The van der Waals surface area contributed by atoms with E-state index in [9.17, 15) is 59.4 Å². The molecule has 24 heteroatoms. The topological polar surface area (TPSA) is 335 Å². The molecule has 3 aliphatic heterocycles. The Bertz CT molecular complexity index is 3630. The summed E-state index contributed by atoms with van der Waals surface area (Å²) in [5.74, 6) is -7.38. The van der Waals surface area contributed by atoms with Crippen LogP contribution < -0.4 is 0 Å². The van der Waals surface area contributed by atoms with Gasteiger partial charge in [0, 0.05) is 74.4 Å². The average molecular weight is 1550 g/mol. The van der Waals surface area contributed by atoms with Crippen LogP contribution in [0.2, 0.25) is 0 Å². The summed E-state index contributed by atoms with van der Waals surface area (Å²) in [7, 11) is 3.13. The highest BCUT2D eigenvalue weighted by Crippen LogP contribution is 2.68. The van der Waals surface area contributed by atoms with Gasteiger partial charge in [0.2, 0.25) is 0 Å². The largest absolute Gasteiger partial charge is 0.456 e. The van der Waals surface area contributed by atoms with Gasteiger partial charge < -0.3 is 87.5 Å². The molecular formula is C86H128O24. The second-order valence-electron chi connectivity index (χ2n) is 34.6. The van der Waals surface area contributed by atoms with Crippen molar-refractivity contribution in [1.29, 1.82) is 0 Å². The van der Waals surface area contributed by atoms with Gasteiger partial charge in [-0.3, -0.25) is 9.59 Å². The molecule has 4 aliphatic carbocycles. The molecule has 4 saturated carbocycles. The molecule has 0 radical (unpaired) electrons. The fourth-order valence-corrected chi connectivity index (χ4v) is 19.5. The number of carbonyl (C=O) groups is 6. The predicted octanol–water partition coefficient (Wildman–Crippen LogP) is 11.1. The standard InChI is InChI=1S/C42H60O11.C39H58O11.C5H10O2/c1-13-31-50-29-20-30-42(21-48-30,53-27(8)43)34-36(52-37(45)28-17-15-14-16-18-28)41(12,47)39(9,10)32(25(6)35(51-31)40(29,34)11)24(5)26(7)49-38(46)33(44)23(4)19-22(2)3;1-20(2)17-21(3)30(42)35(45)48-24(6)22(4)29-23(5)32(43)37(10)27(41)18-28-39(19-47-28,50-25(7)40)31(37)33(38(11,46)36(29,8)9)49-34(44)26-15-13-12-14-16-26;1-4-5(6-2)7-3/h13-18,22-23,25-26,29-31,33-36,44,47H,1,19-21H2,2-12H3;12-16,20-21,23-24,27-28,30-33,41-43,46H,17-19H2,1-11H3;4-5H,1H2,2-3H3/b32-24-;29-22-;/t23-,25-,26-,29-,30+,31?,33?,34-,35-,36-,40+,41+,42-;21-,23-,24-,27-,28+,30?,31-,32-,33-,37+,38+,39-;/m00./s1. The molecule has 7 aliphatic rings. The summed E-state index contributed by atoms with van der Waals surface area (Å²) in [5, 5.41) is 72.4. The molecule has 2 aromatic carbocycles. The van der Waals surface area contributed by atoms with Crippen LogP contribution in [0, 0.1) is 69.0 Å². The third-order valence-electron chi connectivity index (χ3n) is 25.9. The van der Waals surface area contributed by atoms with Crippen molar-refractivity contribution in [2.45, 2.75) is 286 Å². The Kier molecular flexibility index (Phi) is 29.1. The van der Waals surface area contributed by atoms with Crippen LogP contribution in [0.15, 0.2) is 108 Å². The lowest BCUT2D eigenvalue weighted by atomic mass is 9.45. The minimum atomic E-state index is -1.95. The van der Waals surface area contributed by atoms with E-state index in [0.717, 1.165) is 5.57 Å². The number of ether oxygens (including phenoxy) is 12. The molecule has 110 heavy (non-hydrogen) atoms. The number of fused-ring (bicyclic) bond motifs is 5. The quantitative estimate of drug-likeness (QED) is 0.0276. The molecule has 2 aromatic rings. The fraction of sp³-hybridized carbons (Fsp3) is 0.698. The monoisotopic (exact) mass is 1540 g/mol. The predicted molar refractivity (Wildman–Crippen MR) is 409 cm³/mol. The number of carbonyl (C=O) groups excluding carboxylic acids is 6. The number of hydrogen-bond donors (Lipinski definition) is 6. The van der Waals surface area contributed by atoms with Crippen molar-refractivity contribution in [3.05, 3.63) is 119 Å². The van der Waals surface area contributed by atoms with Crippen LogP contribution in [0.5, 0.6) is 0 Å². The minimum Gasteiger partial charge on any atom is -0.456 e. The molecule has 3 unspecified atom stereocenters. The SMILES string of the molecule is C=CC(OC)OC.C=CC1O[C@H]2C[C@H]3OC[C@@]3(OC(C)=O)[C@H]3[C@H](OC(=O)c4ccccc4)[C@@](C)(O)C(C)(C)/C(=C(/C)[C@H](C)OC(=O)C(O)[C@@H](C)CC(C)C)[C@H](C)[C@H](O1)[C@]23C.CC(=O)O[C@@]12CO[C@@H]1C[C@H](O)[C@]1(C)[C@@H]2[C@H](OC(=O)c2ccccc2)[C@@](C)(O)C(C)(C)/C(=C(/C)[C@H](C)OC(=O)C(O)[C@@H](C)CC(C)C)[C@H](C)[C@@H]1O. The first-order valence-corrected chi connectivity index (χ1v) is 38.8. The number of aliphatic hydroxyl groups is 6. The lowest BCUT2D eigenvalue weighted by Crippen LogP contribution is -2.82. The first-order chi connectivity index (χ1) is 51.0. The summed E-state index contributed by atoms with van der Waals surface area (Å²) in [6, 6.07) is 16.8. The van der Waals surface area contributed by atoms with Crippen LogP contribution in [0.4, 0.5) is 0 Å². The number of rotatable bonds is 22. The number of hydrogen-bond acceptors (Lipinski definition) is 24. The zero-order valence-electron chi connectivity index (χ0n) is 69.3. The molecular weight excluding hydrogens is 1420 g/mol. The Morgan fingerprint density at radius 2 is 0.936 bits per heavy atom. The molecule has 25 atom stereocenters. The number of benzene rings is 2. The molecule has 3 heterocycles. The van der Waals surface area contributed by atoms with Crippen LogP contribution in [-0.2, 0) is 76.0 Å². The zero-order chi connectivity index (χ0) is 82.8. The van der Waals surface area contributed by atoms with Crippen LogP contribution in [-0.4, -0.2) is 202 Å². The van der Waals surface area contributed by atoms with Crippen LogP contribution in [0.1, 0.15) is 199 Å². The van der Waals surface area contributed by atoms with Crippen LogP contribution in [0.25, 0.3) is 0 Å². The van der Waals surface area contributed by atoms with E-state index in [0.29, 0.717) is 36.0 Å². The van der Waals surface area contributed by atoms with Gasteiger partial charge in [0.25, 0.3) is 0 Å². The van der Waals surface area contributed by atoms with Crippen molar-refractivity contribution >= 4 is 35.8 Å². The van der Waals surface area contributed by atoms with E-state index in [1.54, 1.807) is 156 Å². The van der Waals surface area contributed by atoms with Gasteiger partial charge in [0.05, 0.1) is 60.6 Å². The Morgan fingerprint density at radius 3 is 1.27 bits per heavy atom. The molecule has 0 bridgehead atoms. The normalized spacial score (nSPS) is 36.4. The Hall–Kier alpha value is -6.26. The first kappa shape index (κ1) is 90.9. The smallest absolute Gasteiger partial charge is 0.338 e. The van der Waals surface area contributed by atoms with Crippen molar-refractivity contribution in [1.82, 2.24) is 0 Å². The second kappa shape index (κ2) is 35.2. The number of aliphatic hydroxyl groups excluding tert-OH is 4. The van der Waals surface area contributed by atoms with Gasteiger partial charge in [-0.2, -0.15) is 0 Å². The summed E-state index contributed by atoms with van der Waals surface area (Å²) < 4.78 is 71.8. The van der Waals surface area contributed by atoms with Crippen LogP contribution >= 0.6 is 0 Å². The molecule has 3 saturated heterocycles. The van der Waals surface area contributed by atoms with E-state index in [2.05, 4.69) is 13.2 Å². The summed E-state index contributed by atoms with van der Waals surface area (Å²) in [6.07, 6.45) is -8.53. The van der Waals surface area contributed by atoms with Crippen molar-refractivity contribution in [3.8, 4) is 0 Å². The van der Waals surface area contributed by atoms with Crippen molar-refractivity contribution in [2.75, 3.05) is 27.4 Å². The number of methoxy groups -OCH3 is 2. The van der Waals surface area contributed by atoms with E-state index in [1.807, 2.05) is 69.2 Å². The van der Waals surface area contributed by atoms with Gasteiger partial charge in [-0.05, 0) is 126 Å². The summed E-state index contributed by atoms with van der Waals surface area (Å²) in [4.78, 5) is 80.2. The molecule has 24 nitrogen and oxygen atoms in total. The van der Waals surface area contributed by atoms with E-state index in [1.165, 1.54) is 13.8 Å². The minimum absolute atomic E-state index is 0.0213. The molecule has 6 N–H and O–H groups in total. The van der Waals surface area contributed by atoms with Crippen molar-refractivity contribution in [3.63, 3.8) is 0 Å². The highest BCUT2D eigenvalue weighted by molar-refractivity contribution is 5.90. The summed E-state index contributed by atoms with van der Waals surface area (Å²) >= 11 is 0. The van der Waals surface area contributed by atoms with E-state index in [4.69, 9.17) is 56.8 Å². The van der Waals surface area contributed by atoms with E-state index in [-0.39, 0.29) is 60.7 Å². The van der Waals surface area contributed by atoms with Gasteiger partial charge in [0.15, 0.2) is 36.0 Å². The van der Waals surface area contributed by atoms with E-state index < -0.39 is 183 Å². The molecule has 0 amide bonds. The number of esters is 6. The van der Waals surface area contributed by atoms with E-state index >= 15 is 0 Å². The molecule has 0 spiro atoms. The van der Waals surface area contributed by atoms with Crippen molar-refractivity contribution in [2.24, 2.45) is 69.0 Å². The highest BCUT2D eigenvalue weighted by Gasteiger charge is 2.79. The summed E-state index contributed by atoms with van der Waals surface area (Å²) in [6.45, 7) is 46.6. The van der Waals surface area contributed by atoms with Crippen molar-refractivity contribution < 1.29 is 116 Å². The Morgan fingerprint density at radius 1 is 0.555 bits per heavy atom. The second-order valence-corrected chi connectivity index (χ2v) is 34.6. The third kappa shape index (κ3) is 17.1.